The molecule has 1 amide bonds. The molecule has 0 aromatic heterocycles. The number of alkyl carbamates (subject to hydrolysis) is 1. The molecule has 0 saturated heterocycles. The number of carbonyl (C=O) groups is 1. The molecule has 0 aliphatic rings. The van der Waals surface area contributed by atoms with Gasteiger partial charge in [0.15, 0.2) is 0 Å². The van der Waals surface area contributed by atoms with E-state index in [-0.39, 0.29) is 12.1 Å². The summed E-state index contributed by atoms with van der Waals surface area (Å²) < 4.78 is 5.24. The number of rotatable bonds is 8. The van der Waals surface area contributed by atoms with Gasteiger partial charge >= 0.3 is 6.09 Å². The maximum absolute atomic E-state index is 11.6. The van der Waals surface area contributed by atoms with E-state index in [1.165, 1.54) is 0 Å². The second-order valence-electron chi connectivity index (χ2n) is 7.54. The molecule has 0 rings (SSSR count). The lowest BCUT2D eigenvalue weighted by Gasteiger charge is -2.28. The molecule has 2 atom stereocenters. The van der Waals surface area contributed by atoms with Crippen molar-refractivity contribution in [2.75, 3.05) is 27.2 Å². The highest BCUT2D eigenvalue weighted by molar-refractivity contribution is 5.67. The molecule has 0 bridgehead atoms. The van der Waals surface area contributed by atoms with Crippen molar-refractivity contribution >= 4 is 6.09 Å². The fourth-order valence-corrected chi connectivity index (χ4v) is 2.22. The maximum atomic E-state index is 11.6. The zero-order valence-electron chi connectivity index (χ0n) is 15.1. The smallest absolute Gasteiger partial charge is 0.407 e. The highest BCUT2D eigenvalue weighted by Gasteiger charge is 2.18. The van der Waals surface area contributed by atoms with Crippen LogP contribution in [0.5, 0.6) is 0 Å². The molecule has 0 heterocycles. The number of nitrogens with one attached hydrogen (secondary N) is 2. The number of ether oxygens (including phenoxy) is 1. The van der Waals surface area contributed by atoms with E-state index in [1.54, 1.807) is 0 Å². The lowest BCUT2D eigenvalue weighted by atomic mass is 10.0. The Morgan fingerprint density at radius 3 is 2.19 bits per heavy atom. The average Bonchev–Trinajstić information content (AvgIpc) is 2.21. The first kappa shape index (κ1) is 20.2. The van der Waals surface area contributed by atoms with Gasteiger partial charge in [0.2, 0.25) is 0 Å². The molecule has 0 radical (unpaired) electrons. The number of likely N-dealkylation sites (N-methyl/N-ethyl adjacent to an activating group) is 1. The lowest BCUT2D eigenvalue weighted by Crippen LogP contribution is -2.48. The minimum Gasteiger partial charge on any atom is -0.444 e. The van der Waals surface area contributed by atoms with E-state index >= 15 is 0 Å². The van der Waals surface area contributed by atoms with Crippen LogP contribution in [0.3, 0.4) is 0 Å². The van der Waals surface area contributed by atoms with Crippen molar-refractivity contribution in [3.05, 3.63) is 0 Å². The molecule has 21 heavy (non-hydrogen) atoms. The number of hydrogen-bond acceptors (Lipinski definition) is 4. The monoisotopic (exact) mass is 301 g/mol. The molecule has 0 aliphatic heterocycles. The Labute approximate surface area is 130 Å². The van der Waals surface area contributed by atoms with Gasteiger partial charge in [0.1, 0.15) is 5.60 Å². The van der Waals surface area contributed by atoms with E-state index in [2.05, 4.69) is 50.4 Å². The summed E-state index contributed by atoms with van der Waals surface area (Å²) in [6.45, 7) is 13.7. The molecule has 126 valence electrons. The summed E-state index contributed by atoms with van der Waals surface area (Å²) in [7, 11) is 4.16. The molecule has 0 aromatic rings. The van der Waals surface area contributed by atoms with E-state index in [4.69, 9.17) is 4.74 Å². The third-order valence-corrected chi connectivity index (χ3v) is 2.81. The Morgan fingerprint density at radius 2 is 1.76 bits per heavy atom. The van der Waals surface area contributed by atoms with Crippen molar-refractivity contribution in [1.82, 2.24) is 15.5 Å². The van der Waals surface area contributed by atoms with Gasteiger partial charge < -0.3 is 20.3 Å². The van der Waals surface area contributed by atoms with Gasteiger partial charge in [-0.2, -0.15) is 0 Å². The molecule has 2 N–H and O–H groups in total. The van der Waals surface area contributed by atoms with Crippen molar-refractivity contribution in [2.24, 2.45) is 5.92 Å². The van der Waals surface area contributed by atoms with Crippen LogP contribution in [0.1, 0.15) is 48.0 Å². The molecule has 0 spiro atoms. The Kier molecular flexibility index (Phi) is 8.90. The van der Waals surface area contributed by atoms with E-state index in [0.29, 0.717) is 18.5 Å². The molecule has 0 saturated carbocycles. The molecular weight excluding hydrogens is 266 g/mol. The number of nitrogens with zero attached hydrogens (tertiary/aromatic N) is 1. The summed E-state index contributed by atoms with van der Waals surface area (Å²) in [4.78, 5) is 13.8. The SMILES string of the molecule is CC(C)CC(CN(C)C)NC(C)CNC(=O)OC(C)(C)C. The Balaban J connectivity index is 4.18. The highest BCUT2D eigenvalue weighted by atomic mass is 16.6. The van der Waals surface area contributed by atoms with Gasteiger partial charge in [-0.05, 0) is 54.1 Å². The Morgan fingerprint density at radius 1 is 1.19 bits per heavy atom. The largest absolute Gasteiger partial charge is 0.444 e. The zero-order valence-corrected chi connectivity index (χ0v) is 15.1. The first-order valence-electron chi connectivity index (χ1n) is 7.87. The summed E-state index contributed by atoms with van der Waals surface area (Å²) in [6.07, 6.45) is 0.763. The highest BCUT2D eigenvalue weighted by Crippen LogP contribution is 2.07. The zero-order chi connectivity index (χ0) is 16.6. The van der Waals surface area contributed by atoms with Crippen LogP contribution in [0, 0.1) is 5.92 Å². The van der Waals surface area contributed by atoms with Crippen molar-refractivity contribution in [3.63, 3.8) is 0 Å². The second kappa shape index (κ2) is 9.26. The quantitative estimate of drug-likeness (QED) is 0.723. The first-order valence-corrected chi connectivity index (χ1v) is 7.87. The summed E-state index contributed by atoms with van der Waals surface area (Å²) >= 11 is 0. The molecule has 5 nitrogen and oxygen atoms in total. The Hall–Kier alpha value is -0.810. The van der Waals surface area contributed by atoms with Crippen LogP contribution in [-0.2, 0) is 4.74 Å². The van der Waals surface area contributed by atoms with Crippen LogP contribution in [0.2, 0.25) is 0 Å². The van der Waals surface area contributed by atoms with Crippen molar-refractivity contribution in [1.29, 1.82) is 0 Å². The van der Waals surface area contributed by atoms with E-state index in [1.807, 2.05) is 20.8 Å². The fraction of sp³-hybridized carbons (Fsp3) is 0.938. The van der Waals surface area contributed by atoms with Crippen LogP contribution < -0.4 is 10.6 Å². The summed E-state index contributed by atoms with van der Waals surface area (Å²) in [5.41, 5.74) is -0.453. The number of carbonyl (C=O) groups excluding carboxylic acids is 1. The van der Waals surface area contributed by atoms with Gasteiger partial charge in [-0.1, -0.05) is 13.8 Å². The normalized spacial score (nSPS) is 15.1. The standard InChI is InChI=1S/C16H35N3O2/c1-12(2)9-14(11-19(7)8)18-13(3)10-17-15(20)21-16(4,5)6/h12-14,18H,9-11H2,1-8H3,(H,17,20). The minimum atomic E-state index is -0.453. The molecule has 2 unspecified atom stereocenters. The molecule has 0 aromatic carbocycles. The summed E-state index contributed by atoms with van der Waals surface area (Å²) in [5, 5.41) is 6.40. The lowest BCUT2D eigenvalue weighted by molar-refractivity contribution is 0.0522. The molecule has 0 aliphatic carbocycles. The predicted molar refractivity (Wildman–Crippen MR) is 88.6 cm³/mol. The topological polar surface area (TPSA) is 53.6 Å². The van der Waals surface area contributed by atoms with Crippen LogP contribution >= 0.6 is 0 Å². The Bertz CT molecular complexity index is 288. The fourth-order valence-electron chi connectivity index (χ4n) is 2.22. The van der Waals surface area contributed by atoms with Gasteiger partial charge in [0.05, 0.1) is 0 Å². The van der Waals surface area contributed by atoms with Crippen molar-refractivity contribution in [2.45, 2.75) is 65.6 Å². The average molecular weight is 301 g/mol. The van der Waals surface area contributed by atoms with Gasteiger partial charge in [-0.25, -0.2) is 4.79 Å². The predicted octanol–water partition coefficient (Wildman–Crippen LogP) is 2.47. The van der Waals surface area contributed by atoms with Crippen molar-refractivity contribution in [3.8, 4) is 0 Å². The molecule has 5 heteroatoms. The van der Waals surface area contributed by atoms with Crippen LogP contribution in [0.15, 0.2) is 0 Å². The third-order valence-electron chi connectivity index (χ3n) is 2.81. The van der Waals surface area contributed by atoms with E-state index in [0.717, 1.165) is 13.0 Å². The van der Waals surface area contributed by atoms with Gasteiger partial charge in [-0.15, -0.1) is 0 Å². The van der Waals surface area contributed by atoms with Crippen LogP contribution in [-0.4, -0.2) is 55.9 Å². The number of amides is 1. The summed E-state index contributed by atoms with van der Waals surface area (Å²) in [5.74, 6) is 0.647. The van der Waals surface area contributed by atoms with Gasteiger partial charge in [-0.3, -0.25) is 0 Å². The molecule has 0 fully saturated rings. The van der Waals surface area contributed by atoms with E-state index < -0.39 is 5.60 Å². The maximum Gasteiger partial charge on any atom is 0.407 e. The minimum absolute atomic E-state index is 0.209. The van der Waals surface area contributed by atoms with E-state index in [9.17, 15) is 4.79 Å². The number of hydrogen-bond donors (Lipinski definition) is 2. The third kappa shape index (κ3) is 12.6. The second-order valence-corrected chi connectivity index (χ2v) is 7.54. The van der Waals surface area contributed by atoms with Gasteiger partial charge in [0, 0.05) is 25.2 Å². The molecular formula is C16H35N3O2. The van der Waals surface area contributed by atoms with Crippen molar-refractivity contribution < 1.29 is 9.53 Å². The van der Waals surface area contributed by atoms with Crippen LogP contribution in [0.25, 0.3) is 0 Å². The van der Waals surface area contributed by atoms with Crippen LogP contribution in [0.4, 0.5) is 4.79 Å². The first-order chi connectivity index (χ1) is 9.49. The van der Waals surface area contributed by atoms with Gasteiger partial charge in [0.25, 0.3) is 0 Å². The summed E-state index contributed by atoms with van der Waals surface area (Å²) in [6, 6.07) is 0.636.